The Morgan fingerprint density at radius 1 is 0.782 bits per heavy atom. The van der Waals surface area contributed by atoms with E-state index >= 15 is 0 Å². The van der Waals surface area contributed by atoms with Gasteiger partial charge in [0.1, 0.15) is 17.5 Å². The Hall–Kier alpha value is -5.19. The first kappa shape index (κ1) is 39.5. The summed E-state index contributed by atoms with van der Waals surface area (Å²) in [6.45, 7) is 6.60. The number of carbonyl (C=O) groups is 3. The fourth-order valence-corrected chi connectivity index (χ4v) is 7.53. The standard InChI is InChI=1S/C45H53N3O7/c1-2-39(32-10-4-3-5-11-32)43(33-12-17-37(49)18-13-33)34-14-19-38(20-15-34)55-29-7-6-25-53-27-9-28-54-26-8-24-46-36-16-21-40-35(30-36)31-48(45(40)52)41-22-23-42(50)47-44(41)51/h3-5,10-21,30,39,41,43,46,49H,2,6-9,22-29,31H2,1H3,(H,47,50,51). The second-order valence-corrected chi connectivity index (χ2v) is 14.2. The molecule has 10 nitrogen and oxygen atoms in total. The monoisotopic (exact) mass is 747 g/mol. The first-order valence-electron chi connectivity index (χ1n) is 19.6. The molecule has 2 aliphatic heterocycles. The van der Waals surface area contributed by atoms with Crippen LogP contribution in [0.1, 0.15) is 96.3 Å². The Labute approximate surface area is 324 Å². The summed E-state index contributed by atoms with van der Waals surface area (Å²) >= 11 is 0. The van der Waals surface area contributed by atoms with Crippen molar-refractivity contribution < 1.29 is 33.7 Å². The predicted molar refractivity (Wildman–Crippen MR) is 212 cm³/mol. The third-order valence-corrected chi connectivity index (χ3v) is 10.4. The van der Waals surface area contributed by atoms with E-state index in [1.807, 2.05) is 24.3 Å². The van der Waals surface area contributed by atoms with Gasteiger partial charge < -0.3 is 29.5 Å². The number of nitrogens with one attached hydrogen (secondary N) is 2. The van der Waals surface area contributed by atoms with E-state index in [-0.39, 0.29) is 29.9 Å². The number of benzene rings is 4. The number of ether oxygens (including phenoxy) is 3. The number of phenolic OH excluding ortho intramolecular Hbond substituents is 1. The lowest BCUT2D eigenvalue weighted by Crippen LogP contribution is -2.52. The first-order valence-corrected chi connectivity index (χ1v) is 19.6. The normalized spacial score (nSPS) is 16.4. The van der Waals surface area contributed by atoms with Crippen LogP contribution >= 0.6 is 0 Å². The number of anilines is 1. The van der Waals surface area contributed by atoms with Gasteiger partial charge in [-0.25, -0.2) is 0 Å². The first-order chi connectivity index (χ1) is 26.9. The summed E-state index contributed by atoms with van der Waals surface area (Å²) < 4.78 is 17.6. The molecule has 2 heterocycles. The maximum absolute atomic E-state index is 12.9. The Bertz CT molecular complexity index is 1850. The number of aromatic hydroxyl groups is 1. The summed E-state index contributed by atoms with van der Waals surface area (Å²) in [7, 11) is 0. The molecule has 1 saturated heterocycles. The van der Waals surface area contributed by atoms with Crippen molar-refractivity contribution in [3.8, 4) is 11.5 Å². The fourth-order valence-electron chi connectivity index (χ4n) is 7.53. The van der Waals surface area contributed by atoms with Crippen LogP contribution in [-0.2, 0) is 25.6 Å². The number of unbranched alkanes of at least 4 members (excludes halogenated alkanes) is 1. The van der Waals surface area contributed by atoms with Crippen molar-refractivity contribution in [2.75, 3.05) is 44.9 Å². The zero-order valence-corrected chi connectivity index (χ0v) is 31.7. The SMILES string of the molecule is CCC(c1ccccc1)C(c1ccc(O)cc1)c1ccc(OCCCCOCCCOCCCNc2ccc3c(c2)CN(C2CCC(=O)NC2=O)C3=O)cc1. The van der Waals surface area contributed by atoms with Gasteiger partial charge in [-0.15, -0.1) is 0 Å². The molecule has 0 aromatic heterocycles. The molecule has 0 bridgehead atoms. The zero-order chi connectivity index (χ0) is 38.4. The highest BCUT2D eigenvalue weighted by Crippen LogP contribution is 2.41. The number of rotatable bonds is 21. The zero-order valence-electron chi connectivity index (χ0n) is 31.7. The van der Waals surface area contributed by atoms with Crippen molar-refractivity contribution in [3.05, 3.63) is 125 Å². The van der Waals surface area contributed by atoms with Gasteiger partial charge in [0.15, 0.2) is 0 Å². The van der Waals surface area contributed by atoms with Crippen LogP contribution < -0.4 is 15.4 Å². The van der Waals surface area contributed by atoms with E-state index in [2.05, 4.69) is 72.2 Å². The molecule has 6 rings (SSSR count). The van der Waals surface area contributed by atoms with E-state index < -0.39 is 11.9 Å². The highest BCUT2D eigenvalue weighted by Gasteiger charge is 2.39. The number of amides is 3. The van der Waals surface area contributed by atoms with Gasteiger partial charge in [0.2, 0.25) is 11.8 Å². The van der Waals surface area contributed by atoms with E-state index in [4.69, 9.17) is 14.2 Å². The number of fused-ring (bicyclic) bond motifs is 1. The highest BCUT2D eigenvalue weighted by molar-refractivity contribution is 6.05. The van der Waals surface area contributed by atoms with Crippen LogP contribution in [0.25, 0.3) is 0 Å². The Balaban J connectivity index is 0.809. The predicted octanol–water partition coefficient (Wildman–Crippen LogP) is 7.56. The van der Waals surface area contributed by atoms with E-state index in [1.165, 1.54) is 16.7 Å². The summed E-state index contributed by atoms with van der Waals surface area (Å²) in [5.74, 6) is 0.734. The van der Waals surface area contributed by atoms with Gasteiger partial charge in [-0.05, 0) is 109 Å². The number of phenols is 1. The number of carbonyl (C=O) groups excluding carboxylic acids is 3. The Kier molecular flexibility index (Phi) is 14.3. The molecule has 3 N–H and O–H groups in total. The molecule has 0 radical (unpaired) electrons. The number of nitrogens with zero attached hydrogens (tertiary/aromatic N) is 1. The molecule has 4 aromatic rings. The van der Waals surface area contributed by atoms with Crippen molar-refractivity contribution in [2.24, 2.45) is 0 Å². The van der Waals surface area contributed by atoms with Gasteiger partial charge in [0.05, 0.1) is 6.61 Å². The fraction of sp³-hybridized carbons (Fsp3) is 0.400. The topological polar surface area (TPSA) is 126 Å². The van der Waals surface area contributed by atoms with Crippen molar-refractivity contribution >= 4 is 23.4 Å². The van der Waals surface area contributed by atoms with Gasteiger partial charge in [0.25, 0.3) is 5.91 Å². The molecule has 3 amide bonds. The van der Waals surface area contributed by atoms with Crippen molar-refractivity contribution in [1.82, 2.24) is 10.2 Å². The number of hydrogen-bond acceptors (Lipinski definition) is 8. The summed E-state index contributed by atoms with van der Waals surface area (Å²) in [5, 5.41) is 15.6. The molecule has 0 spiro atoms. The van der Waals surface area contributed by atoms with Crippen LogP contribution in [-0.4, -0.2) is 73.3 Å². The minimum atomic E-state index is -0.606. The maximum atomic E-state index is 12.9. The second kappa shape index (κ2) is 19.9. The Morgan fingerprint density at radius 3 is 2.16 bits per heavy atom. The van der Waals surface area contributed by atoms with Crippen LogP contribution in [0.15, 0.2) is 97.1 Å². The van der Waals surface area contributed by atoms with Crippen molar-refractivity contribution in [3.63, 3.8) is 0 Å². The highest BCUT2D eigenvalue weighted by atomic mass is 16.5. The second-order valence-electron chi connectivity index (χ2n) is 14.2. The largest absolute Gasteiger partial charge is 0.508 e. The number of piperidine rings is 1. The third-order valence-electron chi connectivity index (χ3n) is 10.4. The van der Waals surface area contributed by atoms with E-state index in [0.29, 0.717) is 57.5 Å². The van der Waals surface area contributed by atoms with E-state index in [0.717, 1.165) is 55.6 Å². The number of hydrogen-bond donors (Lipinski definition) is 3. The maximum Gasteiger partial charge on any atom is 0.255 e. The average molecular weight is 748 g/mol. The Morgan fingerprint density at radius 2 is 1.45 bits per heavy atom. The molecule has 55 heavy (non-hydrogen) atoms. The molecule has 3 unspecified atom stereocenters. The van der Waals surface area contributed by atoms with Gasteiger partial charge in [-0.1, -0.05) is 61.5 Å². The molecule has 0 saturated carbocycles. The van der Waals surface area contributed by atoms with Gasteiger partial charge in [-0.2, -0.15) is 0 Å². The summed E-state index contributed by atoms with van der Waals surface area (Å²) in [4.78, 5) is 38.2. The lowest BCUT2D eigenvalue weighted by atomic mass is 9.76. The quantitative estimate of drug-likeness (QED) is 0.0589. The average Bonchev–Trinajstić information content (AvgIpc) is 3.52. The van der Waals surface area contributed by atoms with Gasteiger partial charge in [0, 0.05) is 63.1 Å². The summed E-state index contributed by atoms with van der Waals surface area (Å²) in [6.07, 6.45) is 5.11. The summed E-state index contributed by atoms with van der Waals surface area (Å²) in [6, 6.07) is 31.7. The molecule has 4 aromatic carbocycles. The number of imide groups is 1. The molecule has 290 valence electrons. The molecule has 2 aliphatic rings. The van der Waals surface area contributed by atoms with Gasteiger partial charge in [-0.3, -0.25) is 19.7 Å². The molecule has 10 heteroatoms. The van der Waals surface area contributed by atoms with Crippen molar-refractivity contribution in [1.29, 1.82) is 0 Å². The van der Waals surface area contributed by atoms with E-state index in [1.54, 1.807) is 23.1 Å². The summed E-state index contributed by atoms with van der Waals surface area (Å²) in [5.41, 5.74) is 6.12. The lowest BCUT2D eigenvalue weighted by molar-refractivity contribution is -0.136. The van der Waals surface area contributed by atoms with Crippen molar-refractivity contribution in [2.45, 2.75) is 76.3 Å². The minimum Gasteiger partial charge on any atom is -0.508 e. The molecule has 1 fully saturated rings. The lowest BCUT2D eigenvalue weighted by Gasteiger charge is -2.29. The van der Waals surface area contributed by atoms with Crippen LogP contribution in [0, 0.1) is 0 Å². The smallest absolute Gasteiger partial charge is 0.255 e. The van der Waals surface area contributed by atoms with Gasteiger partial charge >= 0.3 is 0 Å². The van der Waals surface area contributed by atoms with E-state index in [9.17, 15) is 19.5 Å². The van der Waals surface area contributed by atoms with Crippen LogP contribution in [0.2, 0.25) is 0 Å². The molecule has 0 aliphatic carbocycles. The van der Waals surface area contributed by atoms with Crippen LogP contribution in [0.4, 0.5) is 5.69 Å². The molecule has 3 atom stereocenters. The molecular formula is C45H53N3O7. The third kappa shape index (κ3) is 10.7. The molecular weight excluding hydrogens is 695 g/mol. The minimum absolute atomic E-state index is 0.154. The van der Waals surface area contributed by atoms with Crippen LogP contribution in [0.3, 0.4) is 0 Å². The van der Waals surface area contributed by atoms with Crippen LogP contribution in [0.5, 0.6) is 11.5 Å².